The predicted molar refractivity (Wildman–Crippen MR) is 90.6 cm³/mol. The number of carbonyl (C=O) groups excluding carboxylic acids is 2. The summed E-state index contributed by atoms with van der Waals surface area (Å²) in [6.45, 7) is 6.69. The van der Waals surface area contributed by atoms with Gasteiger partial charge in [0.15, 0.2) is 5.69 Å². The Bertz CT molecular complexity index is 990. The fourth-order valence-electron chi connectivity index (χ4n) is 5.05. The molecule has 0 spiro atoms. The van der Waals surface area contributed by atoms with Crippen LogP contribution in [0, 0.1) is 18.4 Å². The number of imide groups is 1. The Balaban J connectivity index is 1.76. The third kappa shape index (κ3) is 2.66. The van der Waals surface area contributed by atoms with Crippen LogP contribution in [0.3, 0.4) is 0 Å². The number of rotatable bonds is 3. The minimum Gasteiger partial charge on any atom is -0.365 e. The minimum absolute atomic E-state index is 0.0632. The van der Waals surface area contributed by atoms with Crippen molar-refractivity contribution in [2.45, 2.75) is 50.4 Å². The van der Waals surface area contributed by atoms with Gasteiger partial charge in [-0.1, -0.05) is 6.07 Å². The lowest BCUT2D eigenvalue weighted by atomic mass is 9.67. The van der Waals surface area contributed by atoms with Crippen molar-refractivity contribution in [1.29, 1.82) is 0 Å². The minimum atomic E-state index is -4.87. The van der Waals surface area contributed by atoms with Gasteiger partial charge in [0.2, 0.25) is 11.8 Å². The quantitative estimate of drug-likeness (QED) is 0.414. The van der Waals surface area contributed by atoms with E-state index in [-0.39, 0.29) is 12.1 Å². The van der Waals surface area contributed by atoms with Crippen LogP contribution in [0.5, 0.6) is 0 Å². The van der Waals surface area contributed by atoms with Gasteiger partial charge >= 0.3 is 12.8 Å². The van der Waals surface area contributed by atoms with Crippen LogP contribution in [0.15, 0.2) is 18.2 Å². The van der Waals surface area contributed by atoms with Crippen molar-refractivity contribution < 1.29 is 41.0 Å². The standard InChI is InChI=1S/C19H15F5N2O4/c1-17-7-11(29-16(20)21)18(2,30-17)13-12(17)14(27)26(15(13)28)8-4-5-10(25-3)9(6-8)19(22,23)24/h4-6,11-13,16H,7H2,1-2H3/t11-,12+,13-,17?,18?/m0/s1. The van der Waals surface area contributed by atoms with E-state index in [1.807, 2.05) is 0 Å². The van der Waals surface area contributed by atoms with Gasteiger partial charge in [-0.3, -0.25) is 9.59 Å². The number of amides is 2. The molecule has 5 atom stereocenters. The zero-order valence-electron chi connectivity index (χ0n) is 15.7. The van der Waals surface area contributed by atoms with Gasteiger partial charge < -0.3 is 9.47 Å². The Labute approximate surface area is 167 Å². The lowest BCUT2D eigenvalue weighted by Gasteiger charge is -2.34. The van der Waals surface area contributed by atoms with Crippen LogP contribution in [0.1, 0.15) is 25.8 Å². The second kappa shape index (κ2) is 6.21. The zero-order chi connectivity index (χ0) is 22.2. The Morgan fingerprint density at radius 1 is 1.23 bits per heavy atom. The third-order valence-electron chi connectivity index (χ3n) is 6.20. The smallest absolute Gasteiger partial charge is 0.365 e. The van der Waals surface area contributed by atoms with E-state index >= 15 is 0 Å². The largest absolute Gasteiger partial charge is 0.407 e. The molecule has 0 aromatic heterocycles. The third-order valence-corrected chi connectivity index (χ3v) is 6.20. The number of nitrogens with zero attached hydrogens (tertiary/aromatic N) is 2. The van der Waals surface area contributed by atoms with Gasteiger partial charge in [0.25, 0.3) is 0 Å². The summed E-state index contributed by atoms with van der Waals surface area (Å²) in [7, 11) is 0. The van der Waals surface area contributed by atoms with E-state index in [9.17, 15) is 31.5 Å². The molecule has 0 aliphatic carbocycles. The summed E-state index contributed by atoms with van der Waals surface area (Å²) < 4.78 is 76.0. The molecular weight excluding hydrogens is 415 g/mol. The lowest BCUT2D eigenvalue weighted by molar-refractivity contribution is -0.200. The molecule has 3 aliphatic rings. The first-order valence-electron chi connectivity index (χ1n) is 8.94. The maximum absolute atomic E-state index is 13.3. The maximum atomic E-state index is 13.3. The van der Waals surface area contributed by atoms with Gasteiger partial charge in [-0.2, -0.15) is 22.0 Å². The molecule has 3 saturated heterocycles. The van der Waals surface area contributed by atoms with Gasteiger partial charge in [-0.15, -0.1) is 0 Å². The number of ether oxygens (including phenoxy) is 2. The highest BCUT2D eigenvalue weighted by Gasteiger charge is 2.76. The summed E-state index contributed by atoms with van der Waals surface area (Å²) >= 11 is 0. The Morgan fingerprint density at radius 3 is 2.43 bits per heavy atom. The fourth-order valence-corrected chi connectivity index (χ4v) is 5.05. The molecule has 4 rings (SSSR count). The summed E-state index contributed by atoms with van der Waals surface area (Å²) in [5.74, 6) is -3.83. The van der Waals surface area contributed by atoms with Crippen molar-refractivity contribution in [3.8, 4) is 0 Å². The van der Waals surface area contributed by atoms with Crippen LogP contribution in [0.2, 0.25) is 0 Å². The van der Waals surface area contributed by atoms with Gasteiger partial charge in [-0.05, 0) is 26.0 Å². The van der Waals surface area contributed by atoms with Crippen LogP contribution >= 0.6 is 0 Å². The highest BCUT2D eigenvalue weighted by Crippen LogP contribution is 2.62. The molecule has 1 aromatic rings. The fraction of sp³-hybridized carbons (Fsp3) is 0.526. The SMILES string of the molecule is [C-]#[N+]c1ccc(N2C(=O)[C@@H]3[C@H](C2=O)C2(C)C[C@H](OC(F)F)C3(C)O2)cc1C(F)(F)F. The van der Waals surface area contributed by atoms with Crippen LogP contribution in [-0.2, 0) is 25.2 Å². The molecule has 3 aliphatic heterocycles. The van der Waals surface area contributed by atoms with Gasteiger partial charge in [0.1, 0.15) is 5.60 Å². The van der Waals surface area contributed by atoms with Crippen molar-refractivity contribution in [3.63, 3.8) is 0 Å². The molecule has 11 heteroatoms. The zero-order valence-corrected chi connectivity index (χ0v) is 15.7. The molecule has 2 amide bonds. The first-order valence-corrected chi connectivity index (χ1v) is 8.94. The van der Waals surface area contributed by atoms with Crippen LogP contribution in [0.25, 0.3) is 4.85 Å². The van der Waals surface area contributed by atoms with Crippen molar-refractivity contribution in [3.05, 3.63) is 35.2 Å². The maximum Gasteiger partial charge on any atom is 0.407 e. The predicted octanol–water partition coefficient (Wildman–Crippen LogP) is 3.92. The van der Waals surface area contributed by atoms with Crippen molar-refractivity contribution in [2.75, 3.05) is 4.90 Å². The van der Waals surface area contributed by atoms with E-state index in [1.165, 1.54) is 13.8 Å². The van der Waals surface area contributed by atoms with Crippen molar-refractivity contribution >= 4 is 23.2 Å². The molecule has 3 heterocycles. The average Bonchev–Trinajstić information content (AvgIpc) is 3.14. The number of hydrogen-bond acceptors (Lipinski definition) is 4. The molecule has 3 fully saturated rings. The summed E-state index contributed by atoms with van der Waals surface area (Å²) in [5.41, 5.74) is -5.08. The van der Waals surface area contributed by atoms with E-state index in [0.29, 0.717) is 11.0 Å². The number of benzene rings is 1. The van der Waals surface area contributed by atoms with Gasteiger partial charge in [-0.25, -0.2) is 9.74 Å². The Kier molecular flexibility index (Phi) is 4.28. The number of alkyl halides is 5. The monoisotopic (exact) mass is 430 g/mol. The molecule has 30 heavy (non-hydrogen) atoms. The van der Waals surface area contributed by atoms with Gasteiger partial charge in [0, 0.05) is 12.1 Å². The first-order chi connectivity index (χ1) is 13.8. The second-order valence-electron chi connectivity index (χ2n) is 7.97. The number of anilines is 1. The first kappa shape index (κ1) is 20.7. The molecular formula is C19H15F5N2O4. The summed E-state index contributed by atoms with van der Waals surface area (Å²) in [6, 6.07) is 2.54. The number of hydrogen-bond donors (Lipinski definition) is 0. The Morgan fingerprint density at radius 2 is 1.87 bits per heavy atom. The number of carbonyl (C=O) groups is 2. The molecule has 1 aromatic carbocycles. The van der Waals surface area contributed by atoms with E-state index in [1.54, 1.807) is 0 Å². The molecule has 6 nitrogen and oxygen atoms in total. The van der Waals surface area contributed by atoms with E-state index in [2.05, 4.69) is 9.58 Å². The average molecular weight is 430 g/mol. The summed E-state index contributed by atoms with van der Waals surface area (Å²) in [5, 5.41) is 0. The lowest BCUT2D eigenvalue weighted by Crippen LogP contribution is -2.50. The topological polar surface area (TPSA) is 60.2 Å². The molecule has 0 saturated carbocycles. The molecule has 0 N–H and O–H groups in total. The highest BCUT2D eigenvalue weighted by atomic mass is 19.4. The Hall–Kier alpha value is -2.58. The van der Waals surface area contributed by atoms with Crippen molar-refractivity contribution in [1.82, 2.24) is 0 Å². The second-order valence-corrected chi connectivity index (χ2v) is 7.97. The van der Waals surface area contributed by atoms with Crippen LogP contribution in [0.4, 0.5) is 33.3 Å². The molecule has 160 valence electrons. The van der Waals surface area contributed by atoms with Crippen LogP contribution < -0.4 is 4.90 Å². The van der Waals surface area contributed by atoms with Crippen LogP contribution in [-0.4, -0.2) is 35.7 Å². The van der Waals surface area contributed by atoms with E-state index in [4.69, 9.17) is 11.3 Å². The van der Waals surface area contributed by atoms with Crippen molar-refractivity contribution in [2.24, 2.45) is 11.8 Å². The van der Waals surface area contributed by atoms with E-state index < -0.39 is 65.0 Å². The molecule has 2 bridgehead atoms. The molecule has 0 radical (unpaired) electrons. The normalized spacial score (nSPS) is 35.3. The van der Waals surface area contributed by atoms with E-state index in [0.717, 1.165) is 12.1 Å². The highest BCUT2D eigenvalue weighted by molar-refractivity contribution is 6.23. The number of halogens is 5. The van der Waals surface area contributed by atoms with Gasteiger partial charge in [0.05, 0.1) is 35.7 Å². The number of fused-ring (bicyclic) bond motifs is 5. The summed E-state index contributed by atoms with van der Waals surface area (Å²) in [6.07, 6.45) is -6.09. The summed E-state index contributed by atoms with van der Waals surface area (Å²) in [4.78, 5) is 29.7. The molecule has 2 unspecified atom stereocenters.